The molecule has 2 aliphatic carbocycles. The summed E-state index contributed by atoms with van der Waals surface area (Å²) in [6.45, 7) is 8.23. The van der Waals surface area contributed by atoms with Gasteiger partial charge in [-0.2, -0.15) is 4.40 Å². The van der Waals surface area contributed by atoms with Gasteiger partial charge in [0.25, 0.3) is 0 Å². The molecule has 1 spiro atoms. The third-order valence-corrected chi connectivity index (χ3v) is 7.86. The molecule has 1 saturated carbocycles. The van der Waals surface area contributed by atoms with Crippen LogP contribution in [0.15, 0.2) is 27.1 Å². The number of ether oxygens (including phenoxy) is 1. The summed E-state index contributed by atoms with van der Waals surface area (Å²) in [6.07, 6.45) is 5.60. The molecule has 3 nitrogen and oxygen atoms in total. The number of hydrogen-bond donors (Lipinski definition) is 0. The van der Waals surface area contributed by atoms with Gasteiger partial charge in [-0.3, -0.25) is 0 Å². The van der Waals surface area contributed by atoms with Crippen LogP contribution in [-0.4, -0.2) is 27.9 Å². The Balaban J connectivity index is 2.07. The summed E-state index contributed by atoms with van der Waals surface area (Å²) in [5.74, 6) is 0.528. The van der Waals surface area contributed by atoms with Crippen molar-refractivity contribution in [3.8, 4) is 0 Å². The normalized spacial score (nSPS) is 31.4. The maximum atomic E-state index is 12.9. The lowest BCUT2D eigenvalue weighted by Gasteiger charge is -2.42. The van der Waals surface area contributed by atoms with Gasteiger partial charge in [0.15, 0.2) is 0 Å². The summed E-state index contributed by atoms with van der Waals surface area (Å²) in [7, 11) is 0.578. The Morgan fingerprint density at radius 1 is 1.38 bits per heavy atom. The average Bonchev–Trinajstić information content (AvgIpc) is 2.86. The highest BCUT2D eigenvalue weighted by molar-refractivity contribution is 9.10. The van der Waals surface area contributed by atoms with Crippen molar-refractivity contribution < 1.29 is 8.95 Å². The molecular weight excluding hydrogens is 410 g/mol. The molecular formula is C21H30BrNO2S. The lowest BCUT2D eigenvalue weighted by molar-refractivity contribution is -0.00383. The van der Waals surface area contributed by atoms with E-state index in [2.05, 4.69) is 41.1 Å². The Hall–Kier alpha value is -0.520. The number of hydrogen-bond acceptors (Lipinski definition) is 2. The van der Waals surface area contributed by atoms with E-state index in [0.717, 1.165) is 42.3 Å². The Kier molecular flexibility index (Phi) is 5.82. The summed E-state index contributed by atoms with van der Waals surface area (Å²) in [6, 6.07) is 6.47. The molecule has 0 aliphatic heterocycles. The highest BCUT2D eigenvalue weighted by atomic mass is 79.9. The van der Waals surface area contributed by atoms with Gasteiger partial charge in [-0.1, -0.05) is 35.3 Å². The van der Waals surface area contributed by atoms with Crippen LogP contribution >= 0.6 is 15.9 Å². The fourth-order valence-corrected chi connectivity index (χ4v) is 5.60. The van der Waals surface area contributed by atoms with Gasteiger partial charge in [0.2, 0.25) is 0 Å². The first-order valence-corrected chi connectivity index (χ1v) is 11.4. The van der Waals surface area contributed by atoms with Crippen molar-refractivity contribution in [3.63, 3.8) is 0 Å². The summed E-state index contributed by atoms with van der Waals surface area (Å²) in [5.41, 5.74) is 3.58. The Labute approximate surface area is 168 Å². The monoisotopic (exact) mass is 439 g/mol. The summed E-state index contributed by atoms with van der Waals surface area (Å²) in [4.78, 5) is 0. The van der Waals surface area contributed by atoms with Crippen LogP contribution in [0.3, 0.4) is 0 Å². The quantitative estimate of drug-likeness (QED) is 0.625. The zero-order chi connectivity index (χ0) is 19.1. The number of rotatable bonds is 3. The van der Waals surface area contributed by atoms with E-state index in [1.807, 2.05) is 27.9 Å². The first-order valence-electron chi connectivity index (χ1n) is 9.53. The van der Waals surface area contributed by atoms with E-state index in [1.165, 1.54) is 11.1 Å². The number of fused-ring (bicyclic) bond motifs is 1. The van der Waals surface area contributed by atoms with Crippen LogP contribution in [0.4, 0.5) is 0 Å². The standard InChI is InChI=1S/C21H30BrNO2S/c1-6-14-12-21(10-9-18(14)25-5)13-15-7-8-16(22)11-17(15)19(21)23-26(24)20(2,3)4/h7-8,11,14,18H,6,9-10,12-13H2,1-5H3/b23-19-/t14-,18-,21-,26-/m0/s1. The van der Waals surface area contributed by atoms with E-state index in [4.69, 9.17) is 9.13 Å². The van der Waals surface area contributed by atoms with Crippen molar-refractivity contribution in [2.75, 3.05) is 7.11 Å². The van der Waals surface area contributed by atoms with Gasteiger partial charge in [-0.15, -0.1) is 0 Å². The molecule has 2 aliphatic rings. The lowest BCUT2D eigenvalue weighted by Crippen LogP contribution is -2.41. The molecule has 4 atom stereocenters. The maximum absolute atomic E-state index is 12.9. The summed E-state index contributed by atoms with van der Waals surface area (Å²) in [5, 5.41) is 0. The molecule has 0 amide bonds. The predicted molar refractivity (Wildman–Crippen MR) is 113 cm³/mol. The lowest BCUT2D eigenvalue weighted by atomic mass is 9.65. The molecule has 0 saturated heterocycles. The topological polar surface area (TPSA) is 38.7 Å². The molecule has 144 valence electrons. The minimum Gasteiger partial charge on any atom is -0.381 e. The predicted octanol–water partition coefficient (Wildman–Crippen LogP) is 5.47. The molecule has 5 heteroatoms. The molecule has 0 unspecified atom stereocenters. The molecule has 1 aromatic carbocycles. The van der Waals surface area contributed by atoms with E-state index in [-0.39, 0.29) is 10.2 Å². The second kappa shape index (κ2) is 7.48. The number of methoxy groups -OCH3 is 1. The fourth-order valence-electron chi connectivity index (χ4n) is 4.51. The maximum Gasteiger partial charge on any atom is 0.145 e. The SMILES string of the molecule is CC[C@H]1C[C@@]2(CC[C@@H]1OC)Cc1ccc(Br)cc1/C2=N/[S@@](=O)C(C)(C)C. The Morgan fingerprint density at radius 2 is 2.12 bits per heavy atom. The molecule has 0 radical (unpaired) electrons. The van der Waals surface area contributed by atoms with Crippen molar-refractivity contribution in [3.05, 3.63) is 33.8 Å². The van der Waals surface area contributed by atoms with Crippen LogP contribution in [0.5, 0.6) is 0 Å². The van der Waals surface area contributed by atoms with Gasteiger partial charge in [-0.25, -0.2) is 4.21 Å². The molecule has 1 aromatic rings. The minimum absolute atomic E-state index is 0.000255. The van der Waals surface area contributed by atoms with E-state index in [1.54, 1.807) is 0 Å². The highest BCUT2D eigenvalue weighted by Gasteiger charge is 2.49. The van der Waals surface area contributed by atoms with Crippen LogP contribution in [-0.2, 0) is 22.1 Å². The average molecular weight is 440 g/mol. The fraction of sp³-hybridized carbons (Fsp3) is 0.667. The van der Waals surface area contributed by atoms with E-state index in [9.17, 15) is 4.21 Å². The Morgan fingerprint density at radius 3 is 2.73 bits per heavy atom. The zero-order valence-corrected chi connectivity index (χ0v) is 18.9. The van der Waals surface area contributed by atoms with Gasteiger partial charge in [0, 0.05) is 22.6 Å². The van der Waals surface area contributed by atoms with Crippen LogP contribution in [0.1, 0.15) is 64.5 Å². The van der Waals surface area contributed by atoms with Crippen molar-refractivity contribution in [1.82, 2.24) is 0 Å². The molecule has 26 heavy (non-hydrogen) atoms. The second-order valence-corrected chi connectivity index (χ2v) is 11.6. The van der Waals surface area contributed by atoms with Gasteiger partial charge >= 0.3 is 0 Å². The van der Waals surface area contributed by atoms with Crippen LogP contribution in [0.2, 0.25) is 0 Å². The second-order valence-electron chi connectivity index (χ2n) is 8.75. The first-order chi connectivity index (χ1) is 12.2. The number of benzene rings is 1. The molecule has 3 rings (SSSR count). The summed E-state index contributed by atoms with van der Waals surface area (Å²) >= 11 is 3.61. The van der Waals surface area contributed by atoms with Crippen molar-refractivity contribution in [1.29, 1.82) is 0 Å². The Bertz CT molecular complexity index is 740. The molecule has 0 aromatic heterocycles. The van der Waals surface area contributed by atoms with Crippen LogP contribution in [0, 0.1) is 11.3 Å². The van der Waals surface area contributed by atoms with Crippen LogP contribution in [0.25, 0.3) is 0 Å². The van der Waals surface area contributed by atoms with Crippen molar-refractivity contribution in [2.24, 2.45) is 15.7 Å². The molecule has 0 bridgehead atoms. The van der Waals surface area contributed by atoms with E-state index >= 15 is 0 Å². The van der Waals surface area contributed by atoms with Gasteiger partial charge < -0.3 is 4.74 Å². The number of halogens is 1. The third-order valence-electron chi connectivity index (χ3n) is 5.97. The zero-order valence-electron chi connectivity index (χ0n) is 16.5. The third kappa shape index (κ3) is 3.72. The van der Waals surface area contributed by atoms with Crippen molar-refractivity contribution >= 4 is 32.6 Å². The van der Waals surface area contributed by atoms with E-state index < -0.39 is 11.0 Å². The largest absolute Gasteiger partial charge is 0.381 e. The van der Waals surface area contributed by atoms with Gasteiger partial charge in [-0.05, 0) is 70.1 Å². The molecule has 0 heterocycles. The smallest absolute Gasteiger partial charge is 0.145 e. The highest BCUT2D eigenvalue weighted by Crippen LogP contribution is 2.51. The molecule has 0 N–H and O–H groups in total. The van der Waals surface area contributed by atoms with E-state index in [0.29, 0.717) is 12.0 Å². The van der Waals surface area contributed by atoms with Crippen LogP contribution < -0.4 is 0 Å². The first kappa shape index (κ1) is 20.2. The summed E-state index contributed by atoms with van der Waals surface area (Å²) < 4.78 is 24.2. The molecule has 1 fully saturated rings. The van der Waals surface area contributed by atoms with Crippen molar-refractivity contribution in [2.45, 2.75) is 70.7 Å². The van der Waals surface area contributed by atoms with Gasteiger partial charge in [0.05, 0.1) is 16.6 Å². The minimum atomic E-state index is -1.25. The van der Waals surface area contributed by atoms with Gasteiger partial charge in [0.1, 0.15) is 11.0 Å². The number of nitrogens with zero attached hydrogens (tertiary/aromatic N) is 1.